The zero-order valence-electron chi connectivity index (χ0n) is 30.1. The number of fused-ring (bicyclic) bond motifs is 8. The van der Waals surface area contributed by atoms with Gasteiger partial charge in [-0.15, -0.1) is 0 Å². The third kappa shape index (κ3) is 5.87. The van der Waals surface area contributed by atoms with Gasteiger partial charge in [-0.05, 0) is 104 Å². The van der Waals surface area contributed by atoms with Crippen molar-refractivity contribution < 1.29 is 23.6 Å². The number of carbonyl (C=O) groups is 1. The molecule has 0 radical (unpaired) electrons. The largest absolute Gasteiger partial charge is 0.478 e. The topological polar surface area (TPSA) is 112 Å². The molecule has 8 bridgehead atoms. The zero-order valence-corrected chi connectivity index (χ0v) is 30.1. The summed E-state index contributed by atoms with van der Waals surface area (Å²) in [6, 6.07) is 36.5. The van der Waals surface area contributed by atoms with Crippen LogP contribution in [0.5, 0.6) is 0 Å². The maximum Gasteiger partial charge on any atom is 0.335 e. The molecule has 1 aromatic carbocycles. The molecular formula is C45H38N7O2+3. The molecule has 0 fully saturated rings. The van der Waals surface area contributed by atoms with E-state index in [1.54, 1.807) is 12.1 Å². The summed E-state index contributed by atoms with van der Waals surface area (Å²) in [4.78, 5) is 26.9. The molecule has 8 heterocycles. The molecule has 0 saturated heterocycles. The Morgan fingerprint density at radius 1 is 0.426 bits per heavy atom. The minimum absolute atomic E-state index is 0.231. The van der Waals surface area contributed by atoms with Crippen LogP contribution in [-0.2, 0) is 0 Å². The fourth-order valence-corrected chi connectivity index (χ4v) is 7.16. The van der Waals surface area contributed by atoms with E-state index in [-0.39, 0.29) is 5.56 Å². The lowest BCUT2D eigenvalue weighted by Gasteiger charge is -2.07. The number of aromatic amines is 4. The van der Waals surface area contributed by atoms with Crippen LogP contribution in [0.1, 0.15) is 55.4 Å². The highest BCUT2D eigenvalue weighted by atomic mass is 16.4. The molecule has 0 saturated carbocycles. The van der Waals surface area contributed by atoms with E-state index in [0.29, 0.717) is 0 Å². The van der Waals surface area contributed by atoms with Gasteiger partial charge < -0.3 is 25.0 Å². The van der Waals surface area contributed by atoms with Crippen LogP contribution in [-0.4, -0.2) is 31.0 Å². The standard InChI is InChI=1S/C45H37N7O2/c1-28-16-22-50(23-17-28)42-35-10-8-33(46-35)41(31-4-6-32(7-5-31)45(53)54)34-9-11-36(47-34)43(51-24-18-29(2)19-25-51)38-13-15-40(49-38)44(39-14-12-37(42)48-39)52-26-20-30(3)21-27-52/h4-27,46-49H,1-3H3/q+2/p+1. The van der Waals surface area contributed by atoms with Crippen molar-refractivity contribution in [3.8, 4) is 0 Å². The van der Waals surface area contributed by atoms with Crippen LogP contribution >= 0.6 is 0 Å². The summed E-state index contributed by atoms with van der Waals surface area (Å²) in [6.45, 7) is 6.26. The molecule has 9 heteroatoms. The highest BCUT2D eigenvalue weighted by molar-refractivity contribution is 5.88. The first-order valence-electron chi connectivity index (χ1n) is 17.8. The van der Waals surface area contributed by atoms with E-state index in [1.165, 1.54) is 5.56 Å². The Bertz CT molecular complexity index is 2960. The Labute approximate surface area is 310 Å². The van der Waals surface area contributed by atoms with Crippen LogP contribution in [0.15, 0.2) is 146 Å². The molecule has 9 rings (SSSR count). The average molecular weight is 709 g/mol. The van der Waals surface area contributed by atoms with E-state index in [9.17, 15) is 9.90 Å². The zero-order chi connectivity index (χ0) is 36.9. The summed E-state index contributed by atoms with van der Waals surface area (Å²) in [5.74, 6) is -0.964. The van der Waals surface area contributed by atoms with Crippen LogP contribution in [0.4, 0.5) is 0 Å². The van der Waals surface area contributed by atoms with Crippen molar-refractivity contribution in [1.82, 2.24) is 19.9 Å². The monoisotopic (exact) mass is 708 g/mol. The molecule has 8 aromatic rings. The number of H-pyrrole nitrogens is 4. The van der Waals surface area contributed by atoms with Crippen LogP contribution in [0.3, 0.4) is 0 Å². The maximum atomic E-state index is 11.8. The molecule has 0 unspecified atom stereocenters. The molecule has 0 spiro atoms. The summed E-state index contributed by atoms with van der Waals surface area (Å²) < 4.78 is 6.40. The number of carboxylic acids is 1. The summed E-state index contributed by atoms with van der Waals surface area (Å²) in [5.41, 5.74) is 12.0. The molecule has 0 aliphatic carbocycles. The van der Waals surface area contributed by atoms with Gasteiger partial charge in [-0.2, -0.15) is 13.7 Å². The first kappa shape index (κ1) is 32.6. The Morgan fingerprint density at radius 3 is 1.19 bits per heavy atom. The van der Waals surface area contributed by atoms with E-state index in [2.05, 4.69) is 177 Å². The van der Waals surface area contributed by atoms with Crippen LogP contribution in [0.25, 0.3) is 22.7 Å². The first-order valence-corrected chi connectivity index (χ1v) is 17.8. The van der Waals surface area contributed by atoms with Crippen molar-refractivity contribution in [3.63, 3.8) is 0 Å². The molecule has 1 aliphatic heterocycles. The number of hydrogen-bond donors (Lipinski definition) is 5. The number of carboxylic acid groups (broad SMARTS) is 1. The lowest BCUT2D eigenvalue weighted by molar-refractivity contribution is -0.580. The quantitative estimate of drug-likeness (QED) is 0.177. The van der Waals surface area contributed by atoms with E-state index >= 15 is 0 Å². The third-order valence-electron chi connectivity index (χ3n) is 10.00. The number of aryl methyl sites for hydroxylation is 3. The van der Waals surface area contributed by atoms with E-state index in [4.69, 9.17) is 0 Å². The lowest BCUT2D eigenvalue weighted by atomic mass is 10.0. The second-order valence-corrected chi connectivity index (χ2v) is 13.8. The predicted molar refractivity (Wildman–Crippen MR) is 205 cm³/mol. The van der Waals surface area contributed by atoms with Gasteiger partial charge >= 0.3 is 5.97 Å². The number of nitrogens with one attached hydrogen (secondary N) is 4. The molecule has 0 atom stereocenters. The van der Waals surface area contributed by atoms with Crippen molar-refractivity contribution in [1.29, 1.82) is 0 Å². The van der Waals surface area contributed by atoms with E-state index in [0.717, 1.165) is 83.5 Å². The van der Waals surface area contributed by atoms with Crippen molar-refractivity contribution >= 4 is 28.6 Å². The van der Waals surface area contributed by atoms with Gasteiger partial charge in [0.1, 0.15) is 33.1 Å². The molecular weight excluding hydrogens is 671 g/mol. The first-order chi connectivity index (χ1) is 26.3. The second kappa shape index (κ2) is 13.1. The highest BCUT2D eigenvalue weighted by Gasteiger charge is 2.25. The third-order valence-corrected chi connectivity index (χ3v) is 10.00. The molecule has 1 aliphatic rings. The number of aromatic carboxylic acids is 1. The molecule has 7 aromatic heterocycles. The predicted octanol–water partition coefficient (Wildman–Crippen LogP) is 3.16. The van der Waals surface area contributed by atoms with E-state index < -0.39 is 5.97 Å². The minimum atomic E-state index is -0.964. The van der Waals surface area contributed by atoms with Gasteiger partial charge in [-0.3, -0.25) is 0 Å². The number of pyridine rings is 3. The fraction of sp³-hybridized carbons (Fsp3) is 0.0667. The summed E-state index contributed by atoms with van der Waals surface area (Å²) in [5, 5.41) is 13.3. The van der Waals surface area contributed by atoms with Gasteiger partial charge in [0.25, 0.3) is 17.1 Å². The van der Waals surface area contributed by atoms with Crippen LogP contribution in [0, 0.1) is 20.8 Å². The van der Waals surface area contributed by atoms with Crippen LogP contribution in [0.2, 0.25) is 0 Å². The number of rotatable bonds is 5. The maximum absolute atomic E-state index is 11.8. The Kier molecular flexibility index (Phi) is 7.89. The van der Waals surface area contributed by atoms with Gasteiger partial charge in [0.05, 0.1) is 5.56 Å². The van der Waals surface area contributed by atoms with Crippen molar-refractivity contribution in [3.05, 3.63) is 218 Å². The van der Waals surface area contributed by atoms with Gasteiger partial charge in [0.2, 0.25) is 0 Å². The van der Waals surface area contributed by atoms with Gasteiger partial charge in [0.15, 0.2) is 37.2 Å². The average Bonchev–Trinajstić information content (AvgIpc) is 4.02. The molecule has 262 valence electrons. The number of aromatic nitrogens is 7. The Balaban J connectivity index is 1.42. The van der Waals surface area contributed by atoms with Crippen molar-refractivity contribution in [2.75, 3.05) is 0 Å². The summed E-state index contributed by atoms with van der Waals surface area (Å²) in [7, 11) is 0. The van der Waals surface area contributed by atoms with Gasteiger partial charge in [0, 0.05) is 53.0 Å². The molecule has 9 nitrogen and oxygen atoms in total. The Morgan fingerprint density at radius 2 is 0.778 bits per heavy atom. The molecule has 54 heavy (non-hydrogen) atoms. The van der Waals surface area contributed by atoms with Crippen molar-refractivity contribution in [2.45, 2.75) is 20.8 Å². The van der Waals surface area contributed by atoms with E-state index in [1.807, 2.05) is 12.1 Å². The van der Waals surface area contributed by atoms with Crippen molar-refractivity contribution in [2.24, 2.45) is 0 Å². The lowest BCUT2D eigenvalue weighted by Crippen LogP contribution is -2.40. The SMILES string of the molecule is Cc1cc[n+](C2=c3ccc([nH]3)=C(c3ccc(C(=O)O)cc3)c3ccc([nH]3)C([n+]3ccc(C)cc3)=c3ccc([nH]3)=C([n+]3ccc(C)cc3)c3ccc2[nH]3)cc1. The van der Waals surface area contributed by atoms with Gasteiger partial charge in [-0.25, -0.2) is 4.79 Å². The Hall–Kier alpha value is -7.26. The number of benzene rings is 1. The molecule has 5 N–H and O–H groups in total. The normalized spacial score (nSPS) is 12.7. The minimum Gasteiger partial charge on any atom is -0.478 e. The summed E-state index contributed by atoms with van der Waals surface area (Å²) in [6.07, 6.45) is 12.5. The van der Waals surface area contributed by atoms with Crippen LogP contribution < -0.4 is 35.1 Å². The number of nitrogens with zero attached hydrogens (tertiary/aromatic N) is 3. The smallest absolute Gasteiger partial charge is 0.335 e. The van der Waals surface area contributed by atoms with Gasteiger partial charge in [-0.1, -0.05) is 12.1 Å². The summed E-state index contributed by atoms with van der Waals surface area (Å²) >= 11 is 0. The second-order valence-electron chi connectivity index (χ2n) is 13.8. The number of hydrogen-bond acceptors (Lipinski definition) is 1. The fourth-order valence-electron chi connectivity index (χ4n) is 7.16. The molecule has 0 amide bonds. The highest BCUT2D eigenvalue weighted by Crippen LogP contribution is 2.23.